The normalized spacial score (nSPS) is 11.6. The maximum Gasteiger partial charge on any atom is 0.242 e. The second-order valence-corrected chi connectivity index (χ2v) is 9.37. The molecule has 0 spiro atoms. The molecule has 0 aliphatic carbocycles. The maximum absolute atomic E-state index is 12.5. The molecule has 0 aliphatic heterocycles. The van der Waals surface area contributed by atoms with Crippen LogP contribution in [0.3, 0.4) is 0 Å². The molecule has 0 radical (unpaired) electrons. The van der Waals surface area contributed by atoms with Gasteiger partial charge in [-0.25, -0.2) is 0 Å². The molecule has 0 aromatic heterocycles. The van der Waals surface area contributed by atoms with E-state index in [0.717, 1.165) is 51.4 Å². The first-order chi connectivity index (χ1) is 16.5. The summed E-state index contributed by atoms with van der Waals surface area (Å²) in [7, 11) is 0. The van der Waals surface area contributed by atoms with Crippen LogP contribution in [0.25, 0.3) is 0 Å². The zero-order valence-electron chi connectivity index (χ0n) is 22.2. The van der Waals surface area contributed by atoms with Gasteiger partial charge in [0.15, 0.2) is 0 Å². The van der Waals surface area contributed by atoms with Gasteiger partial charge in [0.25, 0.3) is 0 Å². The van der Waals surface area contributed by atoms with Crippen molar-refractivity contribution in [2.75, 3.05) is 13.1 Å². The number of allylic oxidation sites excluding steroid dienone is 1. The number of unbranched alkanes of at least 4 members (excludes halogenated alkanes) is 12. The van der Waals surface area contributed by atoms with Crippen molar-refractivity contribution >= 4 is 17.7 Å². The minimum atomic E-state index is -0.646. The van der Waals surface area contributed by atoms with E-state index >= 15 is 0 Å². The van der Waals surface area contributed by atoms with Gasteiger partial charge in [-0.3, -0.25) is 14.4 Å². The van der Waals surface area contributed by atoms with Crippen molar-refractivity contribution < 1.29 is 14.4 Å². The molecule has 34 heavy (non-hydrogen) atoms. The predicted molar refractivity (Wildman–Crippen MR) is 143 cm³/mol. The molecule has 0 aliphatic rings. The highest BCUT2D eigenvalue weighted by atomic mass is 16.2. The van der Waals surface area contributed by atoms with Crippen LogP contribution < -0.4 is 16.0 Å². The van der Waals surface area contributed by atoms with Gasteiger partial charge in [-0.1, -0.05) is 84.1 Å². The Hall–Kier alpha value is -1.85. The van der Waals surface area contributed by atoms with Crippen LogP contribution in [-0.2, 0) is 14.4 Å². The van der Waals surface area contributed by atoms with Crippen LogP contribution in [0.2, 0.25) is 0 Å². The second-order valence-electron chi connectivity index (χ2n) is 9.37. The molecule has 0 fully saturated rings. The van der Waals surface area contributed by atoms with Crippen molar-refractivity contribution in [2.24, 2.45) is 0 Å². The summed E-state index contributed by atoms with van der Waals surface area (Å²) < 4.78 is 0. The minimum Gasteiger partial charge on any atom is -0.356 e. The Labute approximate surface area is 209 Å². The van der Waals surface area contributed by atoms with Crippen LogP contribution in [-0.4, -0.2) is 36.9 Å². The lowest BCUT2D eigenvalue weighted by Crippen LogP contribution is -2.47. The largest absolute Gasteiger partial charge is 0.356 e. The molecule has 6 nitrogen and oxygen atoms in total. The maximum atomic E-state index is 12.5. The highest BCUT2D eigenvalue weighted by Crippen LogP contribution is 2.12. The van der Waals surface area contributed by atoms with Crippen LogP contribution in [0.5, 0.6) is 0 Å². The number of nitrogens with one attached hydrogen (secondary N) is 3. The Balaban J connectivity index is 4.10. The molecule has 198 valence electrons. The standard InChI is InChI=1S/C28H53N3O3/c1-4-7-10-11-12-13-14-15-16-17-18-19-20-27(33)31-25(28(34)30-24-9-6-3)21-22-26(32)29-23-8-5-2/h4,25H,1,5-24H2,2-3H3,(H,29,32)(H,30,34)(H,31,33)/t25-/m0/s1. The van der Waals surface area contributed by atoms with Crippen molar-refractivity contribution in [3.63, 3.8) is 0 Å². The van der Waals surface area contributed by atoms with E-state index in [2.05, 4.69) is 36.4 Å². The molecule has 0 bridgehead atoms. The van der Waals surface area contributed by atoms with Crippen LogP contribution in [0.1, 0.15) is 129 Å². The van der Waals surface area contributed by atoms with Crippen LogP contribution in [0.4, 0.5) is 0 Å². The summed E-state index contributed by atoms with van der Waals surface area (Å²) in [5.74, 6) is -0.347. The van der Waals surface area contributed by atoms with Crippen molar-refractivity contribution in [3.8, 4) is 0 Å². The molecule has 3 amide bonds. The summed E-state index contributed by atoms with van der Waals surface area (Å²) in [4.78, 5) is 37.0. The van der Waals surface area contributed by atoms with Gasteiger partial charge in [0.1, 0.15) is 6.04 Å². The van der Waals surface area contributed by atoms with E-state index in [1.807, 2.05) is 6.08 Å². The van der Waals surface area contributed by atoms with Gasteiger partial charge < -0.3 is 16.0 Å². The molecular formula is C28H53N3O3. The Morgan fingerprint density at radius 1 is 0.676 bits per heavy atom. The lowest BCUT2D eigenvalue weighted by Gasteiger charge is -2.18. The molecule has 0 rings (SSSR count). The average molecular weight is 480 g/mol. The fourth-order valence-corrected chi connectivity index (χ4v) is 3.80. The summed E-state index contributed by atoms with van der Waals surface area (Å²) in [6.07, 6.45) is 20.0. The number of hydrogen-bond acceptors (Lipinski definition) is 3. The molecule has 0 aromatic carbocycles. The number of amides is 3. The topological polar surface area (TPSA) is 87.3 Å². The molecule has 0 saturated carbocycles. The van der Waals surface area contributed by atoms with Crippen molar-refractivity contribution in [2.45, 2.75) is 135 Å². The third kappa shape index (κ3) is 20.7. The molecule has 0 unspecified atom stereocenters. The summed E-state index contributed by atoms with van der Waals surface area (Å²) in [6, 6.07) is -0.646. The first-order valence-electron chi connectivity index (χ1n) is 14.0. The first-order valence-corrected chi connectivity index (χ1v) is 14.0. The Morgan fingerprint density at radius 2 is 1.21 bits per heavy atom. The zero-order chi connectivity index (χ0) is 25.3. The molecule has 6 heteroatoms. The van der Waals surface area contributed by atoms with Gasteiger partial charge in [-0.05, 0) is 38.5 Å². The molecule has 0 saturated heterocycles. The number of carbonyl (C=O) groups is 3. The van der Waals surface area contributed by atoms with Crippen LogP contribution >= 0.6 is 0 Å². The van der Waals surface area contributed by atoms with Crippen molar-refractivity contribution in [3.05, 3.63) is 12.7 Å². The van der Waals surface area contributed by atoms with E-state index in [1.165, 1.54) is 44.9 Å². The third-order valence-corrected chi connectivity index (χ3v) is 6.06. The lowest BCUT2D eigenvalue weighted by molar-refractivity contribution is -0.129. The van der Waals surface area contributed by atoms with E-state index in [4.69, 9.17) is 0 Å². The summed E-state index contributed by atoms with van der Waals surface area (Å²) >= 11 is 0. The predicted octanol–water partition coefficient (Wildman–Crippen LogP) is 5.95. The van der Waals surface area contributed by atoms with Gasteiger partial charge in [0.2, 0.25) is 17.7 Å². The molecular weight excluding hydrogens is 426 g/mol. The van der Waals surface area contributed by atoms with E-state index in [-0.39, 0.29) is 24.1 Å². The minimum absolute atomic E-state index is 0.0641. The van der Waals surface area contributed by atoms with Crippen molar-refractivity contribution in [1.82, 2.24) is 16.0 Å². The SMILES string of the molecule is C=CCCCCCCCCCCCCC(=O)N[C@@H](CCC(=O)NCCCC)C(=O)NCCCC. The summed E-state index contributed by atoms with van der Waals surface area (Å²) in [5.41, 5.74) is 0. The molecule has 0 aromatic rings. The van der Waals surface area contributed by atoms with E-state index in [9.17, 15) is 14.4 Å². The number of hydrogen-bond donors (Lipinski definition) is 3. The zero-order valence-corrected chi connectivity index (χ0v) is 22.2. The fourth-order valence-electron chi connectivity index (χ4n) is 3.80. The van der Waals surface area contributed by atoms with E-state index < -0.39 is 6.04 Å². The second kappa shape index (κ2) is 24.3. The van der Waals surface area contributed by atoms with Crippen LogP contribution in [0, 0.1) is 0 Å². The Kier molecular flexibility index (Phi) is 23.0. The van der Waals surface area contributed by atoms with Crippen LogP contribution in [0.15, 0.2) is 12.7 Å². The molecule has 0 heterocycles. The van der Waals surface area contributed by atoms with Gasteiger partial charge >= 0.3 is 0 Å². The quantitative estimate of drug-likeness (QED) is 0.118. The third-order valence-electron chi connectivity index (χ3n) is 6.06. The molecule has 1 atom stereocenters. The smallest absolute Gasteiger partial charge is 0.242 e. The summed E-state index contributed by atoms with van der Waals surface area (Å²) in [6.45, 7) is 9.15. The van der Waals surface area contributed by atoms with E-state index in [1.54, 1.807) is 0 Å². The first kappa shape index (κ1) is 32.1. The highest BCUT2D eigenvalue weighted by molar-refractivity contribution is 5.88. The Morgan fingerprint density at radius 3 is 1.76 bits per heavy atom. The number of carbonyl (C=O) groups excluding carboxylic acids is 3. The highest BCUT2D eigenvalue weighted by Gasteiger charge is 2.21. The van der Waals surface area contributed by atoms with E-state index in [0.29, 0.717) is 25.9 Å². The van der Waals surface area contributed by atoms with Gasteiger partial charge in [-0.2, -0.15) is 0 Å². The average Bonchev–Trinajstić information content (AvgIpc) is 2.82. The van der Waals surface area contributed by atoms with Gasteiger partial charge in [-0.15, -0.1) is 6.58 Å². The number of rotatable bonds is 24. The molecule has 3 N–H and O–H groups in total. The fraction of sp³-hybridized carbons (Fsp3) is 0.821. The van der Waals surface area contributed by atoms with Gasteiger partial charge in [0, 0.05) is 25.9 Å². The lowest BCUT2D eigenvalue weighted by atomic mass is 10.0. The Bertz CT molecular complexity index is 537. The summed E-state index contributed by atoms with van der Waals surface area (Å²) in [5, 5.41) is 8.63. The monoisotopic (exact) mass is 479 g/mol. The van der Waals surface area contributed by atoms with Crippen molar-refractivity contribution in [1.29, 1.82) is 0 Å². The van der Waals surface area contributed by atoms with Gasteiger partial charge in [0.05, 0.1) is 0 Å².